The highest BCUT2D eigenvalue weighted by atomic mass is 16.4. The van der Waals surface area contributed by atoms with Gasteiger partial charge in [0.05, 0.1) is 17.7 Å². The van der Waals surface area contributed by atoms with Gasteiger partial charge in [-0.05, 0) is 91.5 Å². The topological polar surface area (TPSA) is 70.4 Å². The van der Waals surface area contributed by atoms with E-state index in [4.69, 9.17) is 5.11 Å². The van der Waals surface area contributed by atoms with Gasteiger partial charge >= 0.3 is 5.97 Å². The van der Waals surface area contributed by atoms with Crippen molar-refractivity contribution in [1.29, 1.82) is 0 Å². The number of pyridine rings is 1. The van der Waals surface area contributed by atoms with E-state index in [1.807, 2.05) is 32.1 Å². The van der Waals surface area contributed by atoms with E-state index in [2.05, 4.69) is 76.0 Å². The number of rotatable bonds is 11. The summed E-state index contributed by atoms with van der Waals surface area (Å²) in [5.74, 6) is -0.852. The summed E-state index contributed by atoms with van der Waals surface area (Å²) < 4.78 is 0. The lowest BCUT2D eigenvalue weighted by Gasteiger charge is -2.35. The molecule has 1 aromatic heterocycles. The summed E-state index contributed by atoms with van der Waals surface area (Å²) in [6.07, 6.45) is 8.99. The number of aryl methyl sites for hydroxylation is 3. The van der Waals surface area contributed by atoms with Gasteiger partial charge in [-0.1, -0.05) is 76.2 Å². The molecule has 0 aliphatic heterocycles. The second-order valence-electron chi connectivity index (χ2n) is 10.6. The molecule has 0 fully saturated rings. The minimum Gasteiger partial charge on any atom is -0.481 e. The first-order valence-corrected chi connectivity index (χ1v) is 13.8. The molecule has 1 heterocycles. The summed E-state index contributed by atoms with van der Waals surface area (Å²) in [5, 5.41) is 19.7. The number of hydrogen-bond donors (Lipinski definition) is 2. The van der Waals surface area contributed by atoms with Crippen molar-refractivity contribution in [2.45, 2.75) is 91.6 Å². The van der Waals surface area contributed by atoms with Crippen molar-refractivity contribution < 1.29 is 15.0 Å². The summed E-state index contributed by atoms with van der Waals surface area (Å²) >= 11 is 0. The van der Waals surface area contributed by atoms with Crippen LogP contribution in [0, 0.1) is 20.8 Å². The van der Waals surface area contributed by atoms with Crippen LogP contribution in [-0.2, 0) is 16.6 Å². The van der Waals surface area contributed by atoms with Crippen molar-refractivity contribution >= 4 is 12.0 Å². The number of carboxylic acid groups (broad SMARTS) is 1. The third kappa shape index (κ3) is 6.07. The van der Waals surface area contributed by atoms with Gasteiger partial charge in [0, 0.05) is 17.2 Å². The summed E-state index contributed by atoms with van der Waals surface area (Å²) in [4.78, 5) is 15.6. The molecule has 0 radical (unpaired) electrons. The third-order valence-electron chi connectivity index (χ3n) is 8.35. The summed E-state index contributed by atoms with van der Waals surface area (Å²) in [7, 11) is 0. The van der Waals surface area contributed by atoms with E-state index in [1.54, 1.807) is 6.20 Å². The quantitative estimate of drug-likeness (QED) is 0.273. The van der Waals surface area contributed by atoms with Crippen molar-refractivity contribution in [2.24, 2.45) is 0 Å². The molecule has 2 aromatic carbocycles. The molecule has 0 saturated carbocycles. The molecule has 0 unspecified atom stereocenters. The molecule has 0 bridgehead atoms. The minimum atomic E-state index is -0.852. The van der Waals surface area contributed by atoms with Crippen LogP contribution < -0.4 is 0 Å². The fourth-order valence-electron chi connectivity index (χ4n) is 5.62. The summed E-state index contributed by atoms with van der Waals surface area (Å²) in [6.45, 7) is 15.0. The molecule has 3 rings (SSSR count). The molecule has 0 aliphatic rings. The highest BCUT2D eigenvalue weighted by molar-refractivity contribution is 5.72. The van der Waals surface area contributed by atoms with Gasteiger partial charge in [0.1, 0.15) is 0 Å². The molecule has 202 valence electrons. The van der Waals surface area contributed by atoms with E-state index < -0.39 is 11.6 Å². The summed E-state index contributed by atoms with van der Waals surface area (Å²) in [6, 6.07) is 15.1. The number of aliphatic hydroxyl groups is 1. The SMILES string of the molecule is CCC(O)(C=Cc1ccc(C(CC)(CC)c2cc(C)c(-c3ccc(CC(=O)O)cn3)c(C)c2)cc1C)CC. The maximum absolute atomic E-state index is 11.0. The van der Waals surface area contributed by atoms with Gasteiger partial charge in [0.2, 0.25) is 0 Å². The number of hydrogen-bond acceptors (Lipinski definition) is 3. The first kappa shape index (κ1) is 29.3. The van der Waals surface area contributed by atoms with Crippen LogP contribution in [0.1, 0.15) is 92.3 Å². The van der Waals surface area contributed by atoms with Gasteiger partial charge in [0.25, 0.3) is 0 Å². The van der Waals surface area contributed by atoms with Gasteiger partial charge in [-0.15, -0.1) is 0 Å². The monoisotopic (exact) mass is 513 g/mol. The van der Waals surface area contributed by atoms with Crippen LogP contribution in [-0.4, -0.2) is 26.8 Å². The molecule has 0 amide bonds. The second kappa shape index (κ2) is 12.1. The lowest BCUT2D eigenvalue weighted by atomic mass is 9.69. The molecule has 38 heavy (non-hydrogen) atoms. The summed E-state index contributed by atoms with van der Waals surface area (Å²) in [5.41, 5.74) is 9.07. The molecular formula is C34H43NO3. The number of carboxylic acids is 1. The standard InChI is InChI=1S/C34H43NO3/c1-8-33(38,9-2)17-16-27-13-14-28(18-23(27)5)34(10-3,11-4)29-19-24(6)32(25(7)20-29)30-15-12-26(22-35-30)21-31(36)37/h12-20,22,38H,8-11,21H2,1-7H3,(H,36,37). The van der Waals surface area contributed by atoms with Crippen LogP contribution in [0.3, 0.4) is 0 Å². The van der Waals surface area contributed by atoms with Gasteiger partial charge in [-0.25, -0.2) is 0 Å². The van der Waals surface area contributed by atoms with E-state index in [1.165, 1.54) is 27.8 Å². The normalized spacial score (nSPS) is 12.3. The van der Waals surface area contributed by atoms with Crippen LogP contribution in [0.2, 0.25) is 0 Å². The Hall–Kier alpha value is -3.24. The minimum absolute atomic E-state index is 0.0220. The zero-order valence-corrected chi connectivity index (χ0v) is 24.1. The first-order chi connectivity index (χ1) is 18.0. The number of benzene rings is 2. The van der Waals surface area contributed by atoms with Crippen LogP contribution in [0.25, 0.3) is 17.3 Å². The fourth-order valence-corrected chi connectivity index (χ4v) is 5.62. The average Bonchev–Trinajstić information content (AvgIpc) is 2.89. The predicted molar refractivity (Wildman–Crippen MR) is 158 cm³/mol. The number of carbonyl (C=O) groups is 1. The average molecular weight is 514 g/mol. The van der Waals surface area contributed by atoms with Gasteiger partial charge in [0.15, 0.2) is 0 Å². The van der Waals surface area contributed by atoms with E-state index in [0.29, 0.717) is 18.4 Å². The van der Waals surface area contributed by atoms with E-state index in [0.717, 1.165) is 29.7 Å². The van der Waals surface area contributed by atoms with E-state index in [9.17, 15) is 9.90 Å². The third-order valence-corrected chi connectivity index (χ3v) is 8.35. The van der Waals surface area contributed by atoms with Gasteiger partial charge in [-0.2, -0.15) is 0 Å². The van der Waals surface area contributed by atoms with Crippen LogP contribution in [0.15, 0.2) is 54.7 Å². The van der Waals surface area contributed by atoms with Crippen LogP contribution in [0.5, 0.6) is 0 Å². The molecule has 0 spiro atoms. The zero-order valence-electron chi connectivity index (χ0n) is 24.1. The molecule has 0 atom stereocenters. The molecular weight excluding hydrogens is 470 g/mol. The van der Waals surface area contributed by atoms with Crippen LogP contribution >= 0.6 is 0 Å². The van der Waals surface area contributed by atoms with Crippen LogP contribution in [0.4, 0.5) is 0 Å². The second-order valence-corrected chi connectivity index (χ2v) is 10.6. The Balaban J connectivity index is 2.02. The van der Waals surface area contributed by atoms with Crippen molar-refractivity contribution in [2.75, 3.05) is 0 Å². The molecule has 2 N–H and O–H groups in total. The Bertz CT molecular complexity index is 1270. The van der Waals surface area contributed by atoms with Crippen molar-refractivity contribution in [3.05, 3.63) is 93.7 Å². The Morgan fingerprint density at radius 3 is 1.92 bits per heavy atom. The maximum Gasteiger partial charge on any atom is 0.307 e. The maximum atomic E-state index is 11.0. The lowest BCUT2D eigenvalue weighted by molar-refractivity contribution is -0.136. The molecule has 3 aromatic rings. The molecule has 0 saturated heterocycles. The fraction of sp³-hybridized carbons (Fsp3) is 0.412. The smallest absolute Gasteiger partial charge is 0.307 e. The molecule has 4 nitrogen and oxygen atoms in total. The number of nitrogens with zero attached hydrogens (tertiary/aromatic N) is 1. The van der Waals surface area contributed by atoms with Gasteiger partial charge < -0.3 is 10.2 Å². The lowest BCUT2D eigenvalue weighted by Crippen LogP contribution is -2.26. The van der Waals surface area contributed by atoms with E-state index >= 15 is 0 Å². The molecule has 0 aliphatic carbocycles. The Morgan fingerprint density at radius 2 is 1.45 bits per heavy atom. The highest BCUT2D eigenvalue weighted by Crippen LogP contribution is 2.42. The largest absolute Gasteiger partial charge is 0.481 e. The van der Waals surface area contributed by atoms with Gasteiger partial charge in [-0.3, -0.25) is 9.78 Å². The zero-order chi connectivity index (χ0) is 28.1. The number of aliphatic carboxylic acids is 1. The Kier molecular flexibility index (Phi) is 9.32. The highest BCUT2D eigenvalue weighted by Gasteiger charge is 2.32. The Labute approximate surface area is 228 Å². The van der Waals surface area contributed by atoms with E-state index in [-0.39, 0.29) is 11.8 Å². The first-order valence-electron chi connectivity index (χ1n) is 13.8. The van der Waals surface area contributed by atoms with Crippen molar-refractivity contribution in [1.82, 2.24) is 4.98 Å². The van der Waals surface area contributed by atoms with Crippen molar-refractivity contribution in [3.8, 4) is 11.3 Å². The Morgan fingerprint density at radius 1 is 0.842 bits per heavy atom. The predicted octanol–water partition coefficient (Wildman–Crippen LogP) is 7.97. The molecule has 4 heteroatoms. The number of aromatic nitrogens is 1. The van der Waals surface area contributed by atoms with Crippen molar-refractivity contribution in [3.63, 3.8) is 0 Å².